The van der Waals surface area contributed by atoms with Crippen LogP contribution in [-0.2, 0) is 11.2 Å². The van der Waals surface area contributed by atoms with Gasteiger partial charge in [-0.3, -0.25) is 9.78 Å². The minimum absolute atomic E-state index is 0.139. The Balaban J connectivity index is 1.83. The van der Waals surface area contributed by atoms with Gasteiger partial charge >= 0.3 is 0 Å². The Kier molecular flexibility index (Phi) is 4.71. The molecule has 4 heteroatoms. The highest BCUT2D eigenvalue weighted by atomic mass is 32.2. The summed E-state index contributed by atoms with van der Waals surface area (Å²) in [6, 6.07) is 8.44. The largest absolute Gasteiger partial charge is 0.325 e. The molecule has 120 valence electrons. The fourth-order valence-electron chi connectivity index (χ4n) is 3.31. The van der Waals surface area contributed by atoms with Gasteiger partial charge in [-0.25, -0.2) is 0 Å². The summed E-state index contributed by atoms with van der Waals surface area (Å²) in [4.78, 5) is 18.5. The Bertz CT molecular complexity index is 692. The highest BCUT2D eigenvalue weighted by Crippen LogP contribution is 2.41. The zero-order valence-corrected chi connectivity index (χ0v) is 14.7. The molecule has 1 saturated heterocycles. The summed E-state index contributed by atoms with van der Waals surface area (Å²) in [7, 11) is 0. The molecule has 0 bridgehead atoms. The molecule has 1 unspecified atom stereocenters. The van der Waals surface area contributed by atoms with Crippen molar-refractivity contribution in [1.29, 1.82) is 0 Å². The van der Waals surface area contributed by atoms with E-state index in [4.69, 9.17) is 0 Å². The molecule has 1 aromatic carbocycles. The van der Waals surface area contributed by atoms with Crippen molar-refractivity contribution in [3.8, 4) is 0 Å². The maximum absolute atomic E-state index is 12.4. The van der Waals surface area contributed by atoms with Crippen LogP contribution in [0.25, 0.3) is 0 Å². The van der Waals surface area contributed by atoms with E-state index < -0.39 is 0 Å². The molecule has 0 radical (unpaired) electrons. The summed E-state index contributed by atoms with van der Waals surface area (Å²) in [6.45, 7) is 7.17. The molecular weight excluding hydrogens is 304 g/mol. The van der Waals surface area contributed by atoms with Crippen LogP contribution in [0.4, 0.5) is 0 Å². The highest BCUT2D eigenvalue weighted by molar-refractivity contribution is 8.00. The summed E-state index contributed by atoms with van der Waals surface area (Å²) >= 11 is 1.74. The first kappa shape index (κ1) is 16.1. The minimum atomic E-state index is 0.139. The van der Waals surface area contributed by atoms with E-state index in [1.807, 2.05) is 17.2 Å². The maximum atomic E-state index is 12.4. The van der Waals surface area contributed by atoms with E-state index >= 15 is 0 Å². The van der Waals surface area contributed by atoms with Gasteiger partial charge < -0.3 is 4.90 Å². The smallest absolute Gasteiger partial charge is 0.233 e. The summed E-state index contributed by atoms with van der Waals surface area (Å²) in [6.07, 6.45) is 4.51. The number of carbonyl (C=O) groups is 1. The van der Waals surface area contributed by atoms with Gasteiger partial charge in [0.15, 0.2) is 0 Å². The van der Waals surface area contributed by atoms with Crippen LogP contribution in [-0.4, -0.2) is 28.1 Å². The number of aryl methyl sites for hydroxylation is 3. The van der Waals surface area contributed by atoms with E-state index in [1.165, 1.54) is 27.8 Å². The SMILES string of the molecule is Cc1cc(C)c(C2SCC(=O)N2CCc2cccnc2)c(C)c1. The van der Waals surface area contributed by atoms with E-state index in [2.05, 4.69) is 44.0 Å². The average Bonchev–Trinajstić information content (AvgIpc) is 2.86. The van der Waals surface area contributed by atoms with Gasteiger partial charge in [0.2, 0.25) is 5.91 Å². The zero-order valence-electron chi connectivity index (χ0n) is 13.9. The van der Waals surface area contributed by atoms with Crippen LogP contribution in [0.3, 0.4) is 0 Å². The van der Waals surface area contributed by atoms with Gasteiger partial charge in [-0.2, -0.15) is 0 Å². The quantitative estimate of drug-likeness (QED) is 0.856. The molecule has 1 aliphatic rings. The lowest BCUT2D eigenvalue weighted by Gasteiger charge is -2.27. The predicted molar refractivity (Wildman–Crippen MR) is 95.5 cm³/mol. The Hall–Kier alpha value is -1.81. The number of aromatic nitrogens is 1. The number of nitrogens with zero attached hydrogens (tertiary/aromatic N) is 2. The third-order valence-corrected chi connectivity index (χ3v) is 5.54. The molecule has 0 spiro atoms. The topological polar surface area (TPSA) is 33.2 Å². The minimum Gasteiger partial charge on any atom is -0.325 e. The zero-order chi connectivity index (χ0) is 16.4. The number of benzene rings is 1. The molecule has 1 amide bonds. The van der Waals surface area contributed by atoms with Crippen LogP contribution in [0.2, 0.25) is 0 Å². The van der Waals surface area contributed by atoms with Crippen LogP contribution < -0.4 is 0 Å². The summed E-state index contributed by atoms with van der Waals surface area (Å²) < 4.78 is 0. The molecule has 1 atom stereocenters. The van der Waals surface area contributed by atoms with Crippen molar-refractivity contribution >= 4 is 17.7 Å². The number of amides is 1. The summed E-state index contributed by atoms with van der Waals surface area (Å²) in [5.41, 5.74) is 6.31. The number of hydrogen-bond donors (Lipinski definition) is 0. The Morgan fingerprint density at radius 1 is 1.26 bits per heavy atom. The Morgan fingerprint density at radius 3 is 2.65 bits per heavy atom. The fourth-order valence-corrected chi connectivity index (χ4v) is 4.72. The second kappa shape index (κ2) is 6.75. The molecule has 23 heavy (non-hydrogen) atoms. The molecule has 3 nitrogen and oxygen atoms in total. The lowest BCUT2D eigenvalue weighted by molar-refractivity contribution is -0.128. The van der Waals surface area contributed by atoms with Crippen molar-refractivity contribution in [2.45, 2.75) is 32.6 Å². The first-order valence-electron chi connectivity index (χ1n) is 7.94. The molecule has 3 rings (SSSR count). The van der Waals surface area contributed by atoms with Gasteiger partial charge in [0.05, 0.1) is 5.75 Å². The van der Waals surface area contributed by atoms with E-state index in [9.17, 15) is 4.79 Å². The van der Waals surface area contributed by atoms with Crippen LogP contribution in [0, 0.1) is 20.8 Å². The van der Waals surface area contributed by atoms with Crippen molar-refractivity contribution in [3.05, 3.63) is 64.5 Å². The first-order valence-corrected chi connectivity index (χ1v) is 8.99. The number of hydrogen-bond acceptors (Lipinski definition) is 3. The van der Waals surface area contributed by atoms with E-state index in [1.54, 1.807) is 18.0 Å². The molecule has 2 heterocycles. The molecule has 2 aromatic rings. The third-order valence-electron chi connectivity index (χ3n) is 4.32. The average molecular weight is 326 g/mol. The van der Waals surface area contributed by atoms with Gasteiger partial charge in [-0.15, -0.1) is 11.8 Å². The number of carbonyl (C=O) groups excluding carboxylic acids is 1. The van der Waals surface area contributed by atoms with Gasteiger partial charge in [0.1, 0.15) is 5.37 Å². The highest BCUT2D eigenvalue weighted by Gasteiger charge is 2.34. The Labute approximate surface area is 142 Å². The second-order valence-electron chi connectivity index (χ2n) is 6.17. The molecule has 1 aliphatic heterocycles. The maximum Gasteiger partial charge on any atom is 0.233 e. The predicted octanol–water partition coefficient (Wildman–Crippen LogP) is 3.82. The summed E-state index contributed by atoms with van der Waals surface area (Å²) in [5.74, 6) is 0.813. The lowest BCUT2D eigenvalue weighted by Crippen LogP contribution is -2.31. The van der Waals surface area contributed by atoms with E-state index in [0.717, 1.165) is 13.0 Å². The fraction of sp³-hybridized carbons (Fsp3) is 0.368. The van der Waals surface area contributed by atoms with Crippen molar-refractivity contribution in [2.24, 2.45) is 0 Å². The van der Waals surface area contributed by atoms with Crippen molar-refractivity contribution in [1.82, 2.24) is 9.88 Å². The van der Waals surface area contributed by atoms with E-state index in [-0.39, 0.29) is 11.3 Å². The second-order valence-corrected chi connectivity index (χ2v) is 7.24. The number of rotatable bonds is 4. The van der Waals surface area contributed by atoms with Crippen LogP contribution in [0.1, 0.15) is 33.2 Å². The van der Waals surface area contributed by atoms with Crippen LogP contribution in [0.5, 0.6) is 0 Å². The Morgan fingerprint density at radius 2 is 2.00 bits per heavy atom. The van der Waals surface area contributed by atoms with Crippen molar-refractivity contribution < 1.29 is 4.79 Å². The van der Waals surface area contributed by atoms with Crippen molar-refractivity contribution in [3.63, 3.8) is 0 Å². The normalized spacial score (nSPS) is 17.8. The van der Waals surface area contributed by atoms with Gasteiger partial charge in [-0.05, 0) is 55.5 Å². The molecule has 0 N–H and O–H groups in total. The number of pyridine rings is 1. The lowest BCUT2D eigenvalue weighted by atomic mass is 9.99. The van der Waals surface area contributed by atoms with Gasteiger partial charge in [-0.1, -0.05) is 23.8 Å². The van der Waals surface area contributed by atoms with Crippen LogP contribution >= 0.6 is 11.8 Å². The molecule has 0 aliphatic carbocycles. The number of thioether (sulfide) groups is 1. The van der Waals surface area contributed by atoms with Gasteiger partial charge in [0.25, 0.3) is 0 Å². The molecule has 1 aromatic heterocycles. The van der Waals surface area contributed by atoms with E-state index in [0.29, 0.717) is 5.75 Å². The molecule has 1 fully saturated rings. The molecular formula is C19H22N2OS. The standard InChI is InChI=1S/C19H22N2OS/c1-13-9-14(2)18(15(3)10-13)19-21(17(22)12-23-19)8-6-16-5-4-7-20-11-16/h4-5,7,9-11,19H,6,8,12H2,1-3H3. The third kappa shape index (κ3) is 3.42. The van der Waals surface area contributed by atoms with Crippen molar-refractivity contribution in [2.75, 3.05) is 12.3 Å². The van der Waals surface area contributed by atoms with Crippen LogP contribution in [0.15, 0.2) is 36.7 Å². The monoisotopic (exact) mass is 326 g/mol. The molecule has 0 saturated carbocycles. The summed E-state index contributed by atoms with van der Waals surface area (Å²) in [5, 5.41) is 0.139. The van der Waals surface area contributed by atoms with Gasteiger partial charge in [0, 0.05) is 18.9 Å². The first-order chi connectivity index (χ1) is 11.1.